The molecule has 2 aromatic rings. The maximum Gasteiger partial charge on any atom is 0.246 e. The number of amides is 1. The standard InChI is InChI=1S/C20H24N4O2/c25-19-9-5-10-23(19)13-18-21-20(22-26-18)15-12-17(14-6-2-1-3-7-14)24-11-4-8-16(15)24/h1-3,6-7,15-17H,4-5,8-13H2/t15-,16+,17-/m1/s1. The zero-order chi connectivity index (χ0) is 17.5. The van der Waals surface area contributed by atoms with E-state index in [0.717, 1.165) is 31.8 Å². The van der Waals surface area contributed by atoms with Crippen molar-refractivity contribution in [3.8, 4) is 0 Å². The second-order valence-electron chi connectivity index (χ2n) is 7.68. The predicted molar refractivity (Wildman–Crippen MR) is 95.2 cm³/mol. The van der Waals surface area contributed by atoms with Crippen molar-refractivity contribution in [2.75, 3.05) is 13.1 Å². The van der Waals surface area contributed by atoms with E-state index in [1.807, 2.05) is 4.90 Å². The van der Waals surface area contributed by atoms with Gasteiger partial charge in [-0.1, -0.05) is 35.5 Å². The Morgan fingerprint density at radius 2 is 2.04 bits per heavy atom. The average molecular weight is 352 g/mol. The van der Waals surface area contributed by atoms with E-state index in [-0.39, 0.29) is 5.91 Å². The smallest absolute Gasteiger partial charge is 0.246 e. The van der Waals surface area contributed by atoms with E-state index >= 15 is 0 Å². The topological polar surface area (TPSA) is 62.5 Å². The molecule has 3 atom stereocenters. The Hall–Kier alpha value is -2.21. The van der Waals surface area contributed by atoms with Crippen LogP contribution < -0.4 is 0 Å². The maximum atomic E-state index is 11.8. The summed E-state index contributed by atoms with van der Waals surface area (Å²) in [6.07, 6.45) is 5.04. The minimum absolute atomic E-state index is 0.191. The first kappa shape index (κ1) is 16.0. The van der Waals surface area contributed by atoms with Crippen LogP contribution in [0, 0.1) is 0 Å². The monoisotopic (exact) mass is 352 g/mol. The van der Waals surface area contributed by atoms with Crippen molar-refractivity contribution in [1.82, 2.24) is 19.9 Å². The molecule has 5 rings (SSSR count). The summed E-state index contributed by atoms with van der Waals surface area (Å²) >= 11 is 0. The van der Waals surface area contributed by atoms with Gasteiger partial charge < -0.3 is 9.42 Å². The number of benzene rings is 1. The molecule has 1 amide bonds. The summed E-state index contributed by atoms with van der Waals surface area (Å²) in [6, 6.07) is 11.7. The van der Waals surface area contributed by atoms with Gasteiger partial charge in [-0.15, -0.1) is 0 Å². The first-order valence-electron chi connectivity index (χ1n) is 9.70. The Labute approximate surface area is 153 Å². The number of hydrogen-bond donors (Lipinski definition) is 0. The highest BCUT2D eigenvalue weighted by Crippen LogP contribution is 2.48. The minimum atomic E-state index is 0.191. The number of aromatic nitrogens is 2. The maximum absolute atomic E-state index is 11.8. The molecule has 6 heteroatoms. The highest BCUT2D eigenvalue weighted by Gasteiger charge is 2.46. The van der Waals surface area contributed by atoms with Crippen LogP contribution >= 0.6 is 0 Å². The minimum Gasteiger partial charge on any atom is -0.337 e. The van der Waals surface area contributed by atoms with Gasteiger partial charge in [-0.3, -0.25) is 9.69 Å². The molecule has 136 valence electrons. The molecule has 26 heavy (non-hydrogen) atoms. The molecule has 0 saturated carbocycles. The fraction of sp³-hybridized carbons (Fsp3) is 0.550. The van der Waals surface area contributed by atoms with Gasteiger partial charge in [-0.25, -0.2) is 0 Å². The molecule has 3 aliphatic heterocycles. The van der Waals surface area contributed by atoms with Gasteiger partial charge >= 0.3 is 0 Å². The second-order valence-corrected chi connectivity index (χ2v) is 7.68. The van der Waals surface area contributed by atoms with Gasteiger partial charge in [-0.05, 0) is 37.8 Å². The van der Waals surface area contributed by atoms with Crippen molar-refractivity contribution in [3.05, 3.63) is 47.6 Å². The number of rotatable bonds is 4. The molecule has 0 spiro atoms. The van der Waals surface area contributed by atoms with Gasteiger partial charge in [0.25, 0.3) is 0 Å². The Morgan fingerprint density at radius 3 is 2.85 bits per heavy atom. The molecular formula is C20H24N4O2. The summed E-state index contributed by atoms with van der Waals surface area (Å²) in [7, 11) is 0. The number of likely N-dealkylation sites (tertiary alicyclic amines) is 1. The van der Waals surface area contributed by atoms with E-state index in [1.54, 1.807) is 0 Å². The molecule has 4 heterocycles. The Balaban J connectivity index is 1.36. The van der Waals surface area contributed by atoms with E-state index in [1.165, 1.54) is 18.4 Å². The van der Waals surface area contributed by atoms with Crippen molar-refractivity contribution < 1.29 is 9.32 Å². The summed E-state index contributed by atoms with van der Waals surface area (Å²) in [4.78, 5) is 20.9. The van der Waals surface area contributed by atoms with E-state index in [9.17, 15) is 4.79 Å². The molecule has 3 fully saturated rings. The molecule has 0 N–H and O–H groups in total. The molecule has 0 bridgehead atoms. The number of fused-ring (bicyclic) bond motifs is 1. The van der Waals surface area contributed by atoms with Crippen LogP contribution in [0.4, 0.5) is 0 Å². The van der Waals surface area contributed by atoms with Crippen LogP contribution in [-0.2, 0) is 11.3 Å². The largest absolute Gasteiger partial charge is 0.337 e. The van der Waals surface area contributed by atoms with Gasteiger partial charge in [-0.2, -0.15) is 4.98 Å². The number of carbonyl (C=O) groups excluding carboxylic acids is 1. The van der Waals surface area contributed by atoms with E-state index in [4.69, 9.17) is 4.52 Å². The zero-order valence-electron chi connectivity index (χ0n) is 14.9. The van der Waals surface area contributed by atoms with Crippen LogP contribution in [0.2, 0.25) is 0 Å². The molecule has 0 unspecified atom stereocenters. The van der Waals surface area contributed by atoms with Crippen LogP contribution in [0.1, 0.15) is 61.3 Å². The Morgan fingerprint density at radius 1 is 1.15 bits per heavy atom. The van der Waals surface area contributed by atoms with Gasteiger partial charge in [0, 0.05) is 31.0 Å². The molecule has 3 aliphatic rings. The van der Waals surface area contributed by atoms with Gasteiger partial charge in [0.15, 0.2) is 5.82 Å². The summed E-state index contributed by atoms with van der Waals surface area (Å²) < 4.78 is 5.50. The number of nitrogens with zero attached hydrogens (tertiary/aromatic N) is 4. The van der Waals surface area contributed by atoms with Crippen molar-refractivity contribution in [2.24, 2.45) is 0 Å². The van der Waals surface area contributed by atoms with E-state index < -0.39 is 0 Å². The number of carbonyl (C=O) groups is 1. The highest BCUT2D eigenvalue weighted by atomic mass is 16.5. The van der Waals surface area contributed by atoms with Gasteiger partial charge in [0.2, 0.25) is 11.8 Å². The molecular weight excluding hydrogens is 328 g/mol. The molecule has 3 saturated heterocycles. The molecule has 6 nitrogen and oxygen atoms in total. The lowest BCUT2D eigenvalue weighted by atomic mass is 9.94. The van der Waals surface area contributed by atoms with Gasteiger partial charge in [0.05, 0.1) is 6.54 Å². The van der Waals surface area contributed by atoms with Crippen molar-refractivity contribution in [3.63, 3.8) is 0 Å². The quantitative estimate of drug-likeness (QED) is 0.847. The lowest BCUT2D eigenvalue weighted by Gasteiger charge is -2.24. The number of hydrogen-bond acceptors (Lipinski definition) is 5. The van der Waals surface area contributed by atoms with E-state index in [2.05, 4.69) is 45.4 Å². The molecule has 1 aromatic heterocycles. The zero-order valence-corrected chi connectivity index (χ0v) is 14.9. The Kier molecular flexibility index (Phi) is 4.00. The summed E-state index contributed by atoms with van der Waals surface area (Å²) in [5.41, 5.74) is 1.38. The second kappa shape index (κ2) is 6.50. The third-order valence-electron chi connectivity index (χ3n) is 6.18. The normalized spacial score (nSPS) is 28.8. The fourth-order valence-electron chi connectivity index (χ4n) is 4.96. The van der Waals surface area contributed by atoms with Crippen molar-refractivity contribution >= 4 is 5.91 Å². The average Bonchev–Trinajstić information content (AvgIpc) is 3.42. The van der Waals surface area contributed by atoms with E-state index in [0.29, 0.717) is 36.9 Å². The third kappa shape index (κ3) is 2.72. The molecule has 1 aromatic carbocycles. The molecule has 0 aliphatic carbocycles. The highest BCUT2D eigenvalue weighted by molar-refractivity contribution is 5.77. The lowest BCUT2D eigenvalue weighted by Crippen LogP contribution is -2.27. The first-order chi connectivity index (χ1) is 12.8. The SMILES string of the molecule is O=C1CCCN1Cc1nc([C@@H]2C[C@H](c3ccccc3)N3CCC[C@@H]23)no1. The van der Waals surface area contributed by atoms with Crippen LogP contribution in [0.5, 0.6) is 0 Å². The fourth-order valence-corrected chi connectivity index (χ4v) is 4.96. The molecule has 0 radical (unpaired) electrons. The van der Waals surface area contributed by atoms with Gasteiger partial charge in [0.1, 0.15) is 0 Å². The Bertz CT molecular complexity index is 790. The van der Waals surface area contributed by atoms with Crippen LogP contribution in [0.15, 0.2) is 34.9 Å². The van der Waals surface area contributed by atoms with Crippen molar-refractivity contribution in [2.45, 2.75) is 56.7 Å². The first-order valence-corrected chi connectivity index (χ1v) is 9.70. The van der Waals surface area contributed by atoms with Crippen LogP contribution in [-0.4, -0.2) is 45.0 Å². The summed E-state index contributed by atoms with van der Waals surface area (Å²) in [6.45, 7) is 2.40. The van der Waals surface area contributed by atoms with Crippen molar-refractivity contribution in [1.29, 1.82) is 0 Å². The summed E-state index contributed by atoms with van der Waals surface area (Å²) in [5, 5.41) is 4.30. The lowest BCUT2D eigenvalue weighted by molar-refractivity contribution is -0.128. The van der Waals surface area contributed by atoms with Crippen LogP contribution in [0.25, 0.3) is 0 Å². The van der Waals surface area contributed by atoms with Crippen LogP contribution in [0.3, 0.4) is 0 Å². The summed E-state index contributed by atoms with van der Waals surface area (Å²) in [5.74, 6) is 1.90. The third-order valence-corrected chi connectivity index (χ3v) is 6.18. The predicted octanol–water partition coefficient (Wildman–Crippen LogP) is 2.89.